The molecule has 1 atom stereocenters. The average molecular weight is 278 g/mol. The van der Waals surface area contributed by atoms with Crippen molar-refractivity contribution in [2.75, 3.05) is 19.6 Å². The average Bonchev–Trinajstić information content (AvgIpc) is 2.78. The maximum Gasteiger partial charge on any atom is 0.223 e. The molecule has 1 unspecified atom stereocenters. The van der Waals surface area contributed by atoms with Crippen LogP contribution in [0.15, 0.2) is 6.20 Å². The van der Waals surface area contributed by atoms with Gasteiger partial charge in [0.2, 0.25) is 5.91 Å². The Balaban J connectivity index is 1.75. The van der Waals surface area contributed by atoms with Crippen LogP contribution in [0.2, 0.25) is 0 Å². The molecule has 0 radical (unpaired) electrons. The smallest absolute Gasteiger partial charge is 0.223 e. The fraction of sp³-hybridized carbons (Fsp3) is 0.733. The molecule has 0 spiro atoms. The number of amides is 1. The van der Waals surface area contributed by atoms with Gasteiger partial charge < -0.3 is 10.2 Å². The highest BCUT2D eigenvalue weighted by atomic mass is 16.2. The number of piperidine rings is 1. The highest BCUT2D eigenvalue weighted by molar-refractivity contribution is 5.76. The molecule has 5 heteroatoms. The van der Waals surface area contributed by atoms with Gasteiger partial charge in [-0.25, -0.2) is 0 Å². The Hall–Kier alpha value is -1.36. The summed E-state index contributed by atoms with van der Waals surface area (Å²) in [5, 5.41) is 7.77. The molecule has 1 aliphatic heterocycles. The second kappa shape index (κ2) is 6.88. The van der Waals surface area contributed by atoms with Crippen LogP contribution in [0.5, 0.6) is 0 Å². The van der Waals surface area contributed by atoms with Gasteiger partial charge in [0, 0.05) is 50.9 Å². The summed E-state index contributed by atoms with van der Waals surface area (Å²) in [6, 6.07) is 0.234. The van der Waals surface area contributed by atoms with Gasteiger partial charge in [-0.3, -0.25) is 9.48 Å². The maximum atomic E-state index is 12.1. The molecule has 0 bridgehead atoms. The molecule has 2 heterocycles. The van der Waals surface area contributed by atoms with Crippen molar-refractivity contribution in [3.8, 4) is 0 Å². The van der Waals surface area contributed by atoms with E-state index in [1.54, 1.807) is 0 Å². The lowest BCUT2D eigenvalue weighted by molar-refractivity contribution is -0.132. The first-order valence-electron chi connectivity index (χ1n) is 7.59. The third-order valence-corrected chi connectivity index (χ3v) is 4.02. The van der Waals surface area contributed by atoms with Gasteiger partial charge in [-0.05, 0) is 33.1 Å². The zero-order valence-electron chi connectivity index (χ0n) is 12.9. The molecule has 112 valence electrons. The van der Waals surface area contributed by atoms with Crippen LogP contribution in [-0.4, -0.2) is 40.2 Å². The van der Waals surface area contributed by atoms with E-state index in [1.807, 2.05) is 29.7 Å². The van der Waals surface area contributed by atoms with Crippen molar-refractivity contribution in [3.63, 3.8) is 0 Å². The van der Waals surface area contributed by atoms with Crippen molar-refractivity contribution in [3.05, 3.63) is 17.5 Å². The molecule has 0 aliphatic carbocycles. The van der Waals surface area contributed by atoms with Gasteiger partial charge in [0.1, 0.15) is 0 Å². The van der Waals surface area contributed by atoms with Gasteiger partial charge >= 0.3 is 0 Å². The minimum atomic E-state index is 0.234. The summed E-state index contributed by atoms with van der Waals surface area (Å²) in [4.78, 5) is 14.1. The van der Waals surface area contributed by atoms with Crippen LogP contribution in [0.4, 0.5) is 0 Å². The third kappa shape index (κ3) is 3.82. The highest BCUT2D eigenvalue weighted by Crippen LogP contribution is 2.15. The van der Waals surface area contributed by atoms with Gasteiger partial charge in [0.05, 0.1) is 5.69 Å². The first kappa shape index (κ1) is 15.0. The van der Waals surface area contributed by atoms with Gasteiger partial charge in [0.15, 0.2) is 0 Å². The third-order valence-electron chi connectivity index (χ3n) is 4.02. The number of aryl methyl sites for hydroxylation is 2. The number of likely N-dealkylation sites (tertiary alicyclic amines) is 1. The lowest BCUT2D eigenvalue weighted by Gasteiger charge is -2.27. The van der Waals surface area contributed by atoms with E-state index in [-0.39, 0.29) is 11.9 Å². The largest absolute Gasteiger partial charge is 0.343 e. The minimum Gasteiger partial charge on any atom is -0.343 e. The van der Waals surface area contributed by atoms with Crippen LogP contribution in [-0.2, 0) is 11.8 Å². The van der Waals surface area contributed by atoms with Crippen molar-refractivity contribution in [1.29, 1.82) is 0 Å². The molecular weight excluding hydrogens is 252 g/mol. The molecular formula is C15H26N4O. The molecule has 1 amide bonds. The standard InChI is InChI=1S/C15H26N4O/c1-12(14-11-18(3)17-13(14)2)16-8-7-15(20)19-9-5-4-6-10-19/h11-12,16H,4-10H2,1-3H3. The van der Waals surface area contributed by atoms with Gasteiger partial charge in [0.25, 0.3) is 0 Å². The van der Waals surface area contributed by atoms with E-state index < -0.39 is 0 Å². The molecule has 1 fully saturated rings. The lowest BCUT2D eigenvalue weighted by atomic mass is 10.1. The van der Waals surface area contributed by atoms with E-state index in [4.69, 9.17) is 0 Å². The van der Waals surface area contributed by atoms with Crippen LogP contribution >= 0.6 is 0 Å². The number of aromatic nitrogens is 2. The van der Waals surface area contributed by atoms with Gasteiger partial charge in [-0.1, -0.05) is 0 Å². The number of hydrogen-bond donors (Lipinski definition) is 1. The lowest BCUT2D eigenvalue weighted by Crippen LogP contribution is -2.37. The van der Waals surface area contributed by atoms with Crippen molar-refractivity contribution in [2.45, 2.75) is 45.6 Å². The fourth-order valence-corrected chi connectivity index (χ4v) is 2.85. The summed E-state index contributed by atoms with van der Waals surface area (Å²) in [5.41, 5.74) is 2.26. The van der Waals surface area contributed by atoms with E-state index in [0.717, 1.165) is 38.2 Å². The van der Waals surface area contributed by atoms with Crippen molar-refractivity contribution < 1.29 is 4.79 Å². The number of rotatable bonds is 5. The number of carbonyl (C=O) groups is 1. The van der Waals surface area contributed by atoms with Gasteiger partial charge in [-0.2, -0.15) is 5.10 Å². The first-order chi connectivity index (χ1) is 9.58. The number of hydrogen-bond acceptors (Lipinski definition) is 3. The molecule has 1 aliphatic rings. The van der Waals surface area contributed by atoms with E-state index in [9.17, 15) is 4.79 Å². The summed E-state index contributed by atoms with van der Waals surface area (Å²) in [6.07, 6.45) is 6.21. The molecule has 0 aromatic carbocycles. The van der Waals surface area contributed by atoms with Gasteiger partial charge in [-0.15, -0.1) is 0 Å². The minimum absolute atomic E-state index is 0.234. The Kier molecular flexibility index (Phi) is 5.17. The van der Waals surface area contributed by atoms with Crippen LogP contribution in [0, 0.1) is 6.92 Å². The van der Waals surface area contributed by atoms with E-state index in [1.165, 1.54) is 12.0 Å². The Morgan fingerprint density at radius 1 is 1.40 bits per heavy atom. The van der Waals surface area contributed by atoms with Crippen molar-refractivity contribution in [2.24, 2.45) is 7.05 Å². The summed E-state index contributed by atoms with van der Waals surface area (Å²) in [5.74, 6) is 0.285. The van der Waals surface area contributed by atoms with Crippen LogP contribution in [0.3, 0.4) is 0 Å². The number of nitrogens with zero attached hydrogens (tertiary/aromatic N) is 3. The quantitative estimate of drug-likeness (QED) is 0.893. The summed E-state index contributed by atoms with van der Waals surface area (Å²) < 4.78 is 1.84. The first-order valence-corrected chi connectivity index (χ1v) is 7.59. The predicted molar refractivity (Wildman–Crippen MR) is 79.4 cm³/mol. The van der Waals surface area contributed by atoms with Crippen LogP contribution in [0.25, 0.3) is 0 Å². The normalized spacial score (nSPS) is 17.2. The Morgan fingerprint density at radius 2 is 2.10 bits per heavy atom. The second-order valence-corrected chi connectivity index (χ2v) is 5.71. The van der Waals surface area contributed by atoms with E-state index in [0.29, 0.717) is 6.42 Å². The molecule has 5 nitrogen and oxygen atoms in total. The highest BCUT2D eigenvalue weighted by Gasteiger charge is 2.17. The van der Waals surface area contributed by atoms with Crippen LogP contribution in [0.1, 0.15) is 49.9 Å². The van der Waals surface area contributed by atoms with E-state index >= 15 is 0 Å². The molecule has 1 saturated heterocycles. The zero-order chi connectivity index (χ0) is 14.5. The van der Waals surface area contributed by atoms with E-state index in [2.05, 4.69) is 17.3 Å². The van der Waals surface area contributed by atoms with Crippen LogP contribution < -0.4 is 5.32 Å². The Labute approximate surface area is 121 Å². The van der Waals surface area contributed by atoms with Crippen molar-refractivity contribution >= 4 is 5.91 Å². The maximum absolute atomic E-state index is 12.1. The molecule has 2 rings (SSSR count). The fourth-order valence-electron chi connectivity index (χ4n) is 2.85. The zero-order valence-corrected chi connectivity index (χ0v) is 12.9. The summed E-state index contributed by atoms with van der Waals surface area (Å²) >= 11 is 0. The SMILES string of the molecule is Cc1nn(C)cc1C(C)NCCC(=O)N1CCCCC1. The number of carbonyl (C=O) groups excluding carboxylic acids is 1. The second-order valence-electron chi connectivity index (χ2n) is 5.71. The topological polar surface area (TPSA) is 50.2 Å². The number of nitrogens with one attached hydrogen (secondary N) is 1. The Morgan fingerprint density at radius 3 is 2.70 bits per heavy atom. The predicted octanol–water partition coefficient (Wildman–Crippen LogP) is 1.78. The molecule has 0 saturated carbocycles. The van der Waals surface area contributed by atoms with Crippen molar-refractivity contribution in [1.82, 2.24) is 20.0 Å². The molecule has 1 aromatic heterocycles. The molecule has 1 N–H and O–H groups in total. The molecule has 1 aromatic rings. The molecule has 20 heavy (non-hydrogen) atoms. The summed E-state index contributed by atoms with van der Waals surface area (Å²) in [7, 11) is 1.93. The Bertz CT molecular complexity index is 449. The summed E-state index contributed by atoms with van der Waals surface area (Å²) in [6.45, 7) is 6.75. The monoisotopic (exact) mass is 278 g/mol.